The van der Waals surface area contributed by atoms with Gasteiger partial charge in [0.1, 0.15) is 0 Å². The van der Waals surface area contributed by atoms with Gasteiger partial charge in [0.15, 0.2) is 0 Å². The number of carbonyl (C=O) groups excluding carboxylic acids is 1. The number of likely N-dealkylation sites (tertiary alicyclic amines) is 1. The molecule has 4 nitrogen and oxygen atoms in total. The topological polar surface area (TPSA) is 58.4 Å². The van der Waals surface area contributed by atoms with Gasteiger partial charge in [-0.3, -0.25) is 9.69 Å². The Morgan fingerprint density at radius 2 is 2.11 bits per heavy atom. The summed E-state index contributed by atoms with van der Waals surface area (Å²) < 4.78 is 0. The van der Waals surface area contributed by atoms with Crippen LogP contribution in [0.2, 0.25) is 0 Å². The van der Waals surface area contributed by atoms with E-state index in [4.69, 9.17) is 5.73 Å². The van der Waals surface area contributed by atoms with Crippen molar-refractivity contribution >= 4 is 5.91 Å². The van der Waals surface area contributed by atoms with E-state index in [0.29, 0.717) is 25.0 Å². The first kappa shape index (κ1) is 15.4. The van der Waals surface area contributed by atoms with E-state index < -0.39 is 0 Å². The predicted molar refractivity (Wildman–Crippen MR) is 75.4 cm³/mol. The molecule has 3 atom stereocenters. The molecule has 3 N–H and O–H groups in total. The normalized spacial score (nSPS) is 26.6. The van der Waals surface area contributed by atoms with Gasteiger partial charge in [0.2, 0.25) is 5.91 Å². The molecular weight excluding hydrogens is 226 g/mol. The number of nitrogens with zero attached hydrogens (tertiary/aromatic N) is 1. The fraction of sp³-hybridized carbons (Fsp3) is 0.929. The molecule has 0 bridgehead atoms. The lowest BCUT2D eigenvalue weighted by Gasteiger charge is -2.35. The van der Waals surface area contributed by atoms with Crippen molar-refractivity contribution in [3.63, 3.8) is 0 Å². The molecule has 1 saturated heterocycles. The highest BCUT2D eigenvalue weighted by molar-refractivity contribution is 5.76. The molecule has 0 aromatic rings. The fourth-order valence-electron chi connectivity index (χ4n) is 3.07. The Morgan fingerprint density at radius 1 is 1.44 bits per heavy atom. The van der Waals surface area contributed by atoms with Crippen LogP contribution in [0.4, 0.5) is 0 Å². The summed E-state index contributed by atoms with van der Waals surface area (Å²) in [4.78, 5) is 14.4. The third-order valence-corrected chi connectivity index (χ3v) is 3.88. The average molecular weight is 255 g/mol. The van der Waals surface area contributed by atoms with E-state index in [1.165, 1.54) is 12.8 Å². The van der Waals surface area contributed by atoms with Crippen molar-refractivity contribution in [2.45, 2.75) is 77.5 Å². The number of hydrogen-bond donors (Lipinski definition) is 2. The van der Waals surface area contributed by atoms with E-state index in [2.05, 4.69) is 24.1 Å². The second-order valence-electron chi connectivity index (χ2n) is 5.75. The third kappa shape index (κ3) is 3.95. The maximum Gasteiger partial charge on any atom is 0.221 e. The predicted octanol–water partition coefficient (Wildman–Crippen LogP) is 1.49. The van der Waals surface area contributed by atoms with Crippen molar-refractivity contribution in [3.8, 4) is 0 Å². The molecule has 3 unspecified atom stereocenters. The van der Waals surface area contributed by atoms with Crippen LogP contribution < -0.4 is 11.1 Å². The molecule has 106 valence electrons. The lowest BCUT2D eigenvalue weighted by molar-refractivity contribution is -0.123. The first-order chi connectivity index (χ1) is 8.49. The molecule has 1 aliphatic rings. The van der Waals surface area contributed by atoms with E-state index in [0.717, 1.165) is 6.42 Å². The maximum atomic E-state index is 11.9. The molecule has 4 heteroatoms. The highest BCUT2D eigenvalue weighted by Crippen LogP contribution is 2.29. The maximum absolute atomic E-state index is 11.9. The van der Waals surface area contributed by atoms with Gasteiger partial charge in [0.05, 0.1) is 0 Å². The summed E-state index contributed by atoms with van der Waals surface area (Å²) in [5, 5.41) is 2.96. The van der Waals surface area contributed by atoms with Crippen LogP contribution in [0.1, 0.15) is 53.4 Å². The van der Waals surface area contributed by atoms with Gasteiger partial charge in [-0.1, -0.05) is 6.92 Å². The Hall–Kier alpha value is -0.610. The minimum absolute atomic E-state index is 0.120. The highest BCUT2D eigenvalue weighted by Gasteiger charge is 2.34. The Morgan fingerprint density at radius 3 is 2.61 bits per heavy atom. The summed E-state index contributed by atoms with van der Waals surface area (Å²) in [5.74, 6) is 0.120. The number of nitrogens with one attached hydrogen (secondary N) is 1. The molecule has 1 fully saturated rings. The van der Waals surface area contributed by atoms with Gasteiger partial charge in [-0.15, -0.1) is 0 Å². The van der Waals surface area contributed by atoms with E-state index in [-0.39, 0.29) is 18.0 Å². The van der Waals surface area contributed by atoms with Gasteiger partial charge in [0.25, 0.3) is 0 Å². The minimum Gasteiger partial charge on any atom is -0.354 e. The Balaban J connectivity index is 2.61. The lowest BCUT2D eigenvalue weighted by atomic mass is 10.1. The zero-order valence-corrected chi connectivity index (χ0v) is 12.3. The molecular formula is C14H29N3O. The summed E-state index contributed by atoms with van der Waals surface area (Å²) in [5.41, 5.74) is 5.89. The smallest absolute Gasteiger partial charge is 0.221 e. The zero-order valence-electron chi connectivity index (χ0n) is 12.3. The molecule has 1 heterocycles. The first-order valence-corrected chi connectivity index (χ1v) is 7.26. The summed E-state index contributed by atoms with van der Waals surface area (Å²) >= 11 is 0. The number of amides is 1. The monoisotopic (exact) mass is 255 g/mol. The van der Waals surface area contributed by atoms with Crippen molar-refractivity contribution in [1.82, 2.24) is 10.2 Å². The summed E-state index contributed by atoms with van der Waals surface area (Å²) in [7, 11) is 0. The zero-order chi connectivity index (χ0) is 13.7. The van der Waals surface area contributed by atoms with Crippen molar-refractivity contribution < 1.29 is 4.79 Å². The van der Waals surface area contributed by atoms with Gasteiger partial charge in [-0.05, 0) is 40.0 Å². The first-order valence-electron chi connectivity index (χ1n) is 7.26. The summed E-state index contributed by atoms with van der Waals surface area (Å²) in [6.45, 7) is 9.01. The van der Waals surface area contributed by atoms with Gasteiger partial charge in [-0.25, -0.2) is 0 Å². The molecule has 1 amide bonds. The molecule has 1 aliphatic heterocycles. The van der Waals surface area contributed by atoms with Crippen LogP contribution in [0, 0.1) is 0 Å². The van der Waals surface area contributed by atoms with Crippen LogP contribution in [-0.4, -0.2) is 41.5 Å². The number of hydrogen-bond acceptors (Lipinski definition) is 3. The van der Waals surface area contributed by atoms with Gasteiger partial charge in [0, 0.05) is 37.1 Å². The van der Waals surface area contributed by atoms with E-state index in [1.807, 2.05) is 13.8 Å². The second-order valence-corrected chi connectivity index (χ2v) is 5.75. The molecule has 0 aromatic heterocycles. The van der Waals surface area contributed by atoms with Crippen molar-refractivity contribution in [3.05, 3.63) is 0 Å². The minimum atomic E-state index is 0.120. The van der Waals surface area contributed by atoms with E-state index >= 15 is 0 Å². The van der Waals surface area contributed by atoms with Crippen LogP contribution in [0.25, 0.3) is 0 Å². The molecule has 0 saturated carbocycles. The van der Waals surface area contributed by atoms with Crippen molar-refractivity contribution in [2.75, 3.05) is 6.54 Å². The van der Waals surface area contributed by atoms with E-state index in [1.54, 1.807) is 0 Å². The molecule has 1 rings (SSSR count). The Labute approximate surface area is 111 Å². The second kappa shape index (κ2) is 7.10. The molecule has 0 aromatic carbocycles. The van der Waals surface area contributed by atoms with E-state index in [9.17, 15) is 4.79 Å². The quantitative estimate of drug-likeness (QED) is 0.756. The molecule has 18 heavy (non-hydrogen) atoms. The molecule has 0 spiro atoms. The Bertz CT molecular complexity index is 268. The lowest BCUT2D eigenvalue weighted by Crippen LogP contribution is -2.49. The third-order valence-electron chi connectivity index (χ3n) is 3.88. The van der Waals surface area contributed by atoms with Crippen molar-refractivity contribution in [1.29, 1.82) is 0 Å². The molecule has 0 radical (unpaired) electrons. The highest BCUT2D eigenvalue weighted by atomic mass is 16.1. The summed E-state index contributed by atoms with van der Waals surface area (Å²) in [6, 6.07) is 1.54. The summed E-state index contributed by atoms with van der Waals surface area (Å²) in [6.07, 6.45) is 4.13. The van der Waals surface area contributed by atoms with Crippen LogP contribution in [0.3, 0.4) is 0 Å². The van der Waals surface area contributed by atoms with Crippen LogP contribution in [0.5, 0.6) is 0 Å². The van der Waals surface area contributed by atoms with Gasteiger partial charge in [-0.2, -0.15) is 0 Å². The standard InChI is InChI=1S/C14H29N3O/c1-5-12-7-6-11(4)17(12)13(9-15)8-14(18)16-10(2)3/h10-13H,5-9,15H2,1-4H3,(H,16,18). The van der Waals surface area contributed by atoms with Crippen molar-refractivity contribution in [2.24, 2.45) is 5.73 Å². The van der Waals surface area contributed by atoms with Crippen LogP contribution in [-0.2, 0) is 4.79 Å². The SMILES string of the molecule is CCC1CCC(C)N1C(CN)CC(=O)NC(C)C. The van der Waals surface area contributed by atoms with Crippen LogP contribution in [0.15, 0.2) is 0 Å². The van der Waals surface area contributed by atoms with Gasteiger partial charge < -0.3 is 11.1 Å². The average Bonchev–Trinajstić information content (AvgIpc) is 2.66. The number of nitrogens with two attached hydrogens (primary N) is 1. The molecule has 0 aliphatic carbocycles. The largest absolute Gasteiger partial charge is 0.354 e. The fourth-order valence-corrected chi connectivity index (χ4v) is 3.07. The van der Waals surface area contributed by atoms with Gasteiger partial charge >= 0.3 is 0 Å². The Kier molecular flexibility index (Phi) is 6.09. The van der Waals surface area contributed by atoms with Crippen LogP contribution >= 0.6 is 0 Å². The number of rotatable bonds is 6. The number of carbonyl (C=O) groups is 1.